The summed E-state index contributed by atoms with van der Waals surface area (Å²) in [5.41, 5.74) is -0.394. The molecule has 3 N–H and O–H groups in total. The van der Waals surface area contributed by atoms with Crippen molar-refractivity contribution in [1.29, 1.82) is 0 Å². The zero-order chi connectivity index (χ0) is 18.1. The fraction of sp³-hybridized carbons (Fsp3) is 0.214. The number of rotatable bonds is 6. The molecule has 0 aromatic heterocycles. The third-order valence-corrected chi connectivity index (χ3v) is 4.29. The van der Waals surface area contributed by atoms with Crippen molar-refractivity contribution < 1.29 is 33.0 Å². The molecule has 0 radical (unpaired) electrons. The predicted molar refractivity (Wildman–Crippen MR) is 82.0 cm³/mol. The Morgan fingerprint density at radius 1 is 1.25 bits per heavy atom. The van der Waals surface area contributed by atoms with Crippen molar-refractivity contribution in [3.8, 4) is 0 Å². The molecule has 1 aliphatic heterocycles. The van der Waals surface area contributed by atoms with Crippen LogP contribution in [0.1, 0.15) is 10.4 Å². The quantitative estimate of drug-likeness (QED) is 0.578. The highest BCUT2D eigenvalue weighted by Crippen LogP contribution is 2.22. The summed E-state index contributed by atoms with van der Waals surface area (Å²) in [4.78, 5) is 35.4. The highest BCUT2D eigenvalue weighted by atomic mass is 32.2. The van der Waals surface area contributed by atoms with Gasteiger partial charge in [-0.3, -0.25) is 14.5 Å². The second kappa shape index (κ2) is 6.42. The summed E-state index contributed by atoms with van der Waals surface area (Å²) in [7, 11) is -3.68. The van der Waals surface area contributed by atoms with Gasteiger partial charge in [0.1, 0.15) is 5.70 Å². The molecular weight excluding hydrogens is 340 g/mol. The van der Waals surface area contributed by atoms with Crippen molar-refractivity contribution >= 4 is 33.3 Å². The summed E-state index contributed by atoms with van der Waals surface area (Å²) < 4.78 is 23.3. The number of nitrogens with one attached hydrogen (secondary N) is 1. The smallest absolute Gasteiger partial charge is 0.335 e. The summed E-state index contributed by atoms with van der Waals surface area (Å²) >= 11 is 0. The number of sulfone groups is 1. The first-order valence-electron chi connectivity index (χ1n) is 6.67. The number of hydrogen-bond acceptors (Lipinski definition) is 7. The fourth-order valence-electron chi connectivity index (χ4n) is 2.07. The lowest BCUT2D eigenvalue weighted by Gasteiger charge is -2.14. The highest BCUT2D eigenvalue weighted by Gasteiger charge is 2.30. The van der Waals surface area contributed by atoms with Gasteiger partial charge in [0.25, 0.3) is 11.8 Å². The second-order valence-corrected chi connectivity index (χ2v) is 7.04. The zero-order valence-electron chi connectivity index (χ0n) is 12.5. The van der Waals surface area contributed by atoms with Crippen LogP contribution in [0.3, 0.4) is 0 Å². The number of carboxylic acids is 1. The molecule has 10 heteroatoms. The summed E-state index contributed by atoms with van der Waals surface area (Å²) in [5, 5.41) is 20.5. The Balaban J connectivity index is 2.38. The molecule has 9 nitrogen and oxygen atoms in total. The van der Waals surface area contributed by atoms with E-state index in [1.807, 2.05) is 0 Å². The molecule has 1 aromatic carbocycles. The van der Waals surface area contributed by atoms with Gasteiger partial charge in [0, 0.05) is 18.0 Å². The number of hydrogen-bond donors (Lipinski definition) is 3. The Labute approximate surface area is 137 Å². The van der Waals surface area contributed by atoms with Gasteiger partial charge in [-0.25, -0.2) is 13.2 Å². The fourth-order valence-corrected chi connectivity index (χ4v) is 2.76. The van der Waals surface area contributed by atoms with Gasteiger partial charge < -0.3 is 15.5 Å². The maximum Gasteiger partial charge on any atom is 0.335 e. The maximum absolute atomic E-state index is 12.0. The topological polar surface area (TPSA) is 141 Å². The molecule has 0 saturated carbocycles. The number of aliphatic hydroxyl groups excluding tert-OH is 1. The normalized spacial score (nSPS) is 14.8. The first kappa shape index (κ1) is 17.6. The number of amides is 2. The Kier molecular flexibility index (Phi) is 4.71. The van der Waals surface area contributed by atoms with Gasteiger partial charge in [0.15, 0.2) is 9.84 Å². The van der Waals surface area contributed by atoms with E-state index < -0.39 is 34.2 Å². The first-order valence-corrected chi connectivity index (χ1v) is 8.56. The number of anilines is 1. The number of aromatic carboxylic acids is 1. The Morgan fingerprint density at radius 3 is 2.46 bits per heavy atom. The van der Waals surface area contributed by atoms with Crippen molar-refractivity contribution in [2.45, 2.75) is 4.90 Å². The molecular formula is C14H14N2O7S. The molecule has 1 aromatic rings. The van der Waals surface area contributed by atoms with Crippen LogP contribution in [0.2, 0.25) is 0 Å². The average molecular weight is 354 g/mol. The third kappa shape index (κ3) is 3.60. The van der Waals surface area contributed by atoms with Crippen LogP contribution in [0.15, 0.2) is 34.9 Å². The van der Waals surface area contributed by atoms with Gasteiger partial charge >= 0.3 is 5.97 Å². The van der Waals surface area contributed by atoms with Crippen molar-refractivity contribution in [1.82, 2.24) is 4.90 Å². The summed E-state index contributed by atoms with van der Waals surface area (Å²) in [6, 6.07) is 3.30. The van der Waals surface area contributed by atoms with Gasteiger partial charge in [-0.05, 0) is 18.2 Å². The molecule has 0 aliphatic carbocycles. The van der Waals surface area contributed by atoms with E-state index in [-0.39, 0.29) is 28.4 Å². The van der Waals surface area contributed by atoms with Crippen LogP contribution in [0.25, 0.3) is 0 Å². The molecule has 0 fully saturated rings. The van der Waals surface area contributed by atoms with Crippen LogP contribution in [-0.2, 0) is 19.4 Å². The van der Waals surface area contributed by atoms with Crippen LogP contribution in [0.5, 0.6) is 0 Å². The number of β-amino-alcohol motifs (C(OH)–C–C–N with tert-alkyl or cyclic N) is 1. The molecule has 0 spiro atoms. The standard InChI is InChI=1S/C14H14N2O7S/c1-24(22,23)10-5-8(14(20)21)4-9(6-10)15-11-7-12(18)16(2-3-17)13(11)19/h4-7,15,17H,2-3H2,1H3,(H,20,21). The van der Waals surface area contributed by atoms with Gasteiger partial charge in [-0.1, -0.05) is 0 Å². The van der Waals surface area contributed by atoms with Crippen molar-refractivity contribution in [2.75, 3.05) is 24.7 Å². The van der Waals surface area contributed by atoms with Gasteiger partial charge in [-0.15, -0.1) is 0 Å². The molecule has 1 aliphatic rings. The highest BCUT2D eigenvalue weighted by molar-refractivity contribution is 7.90. The van der Waals surface area contributed by atoms with Crippen molar-refractivity contribution in [3.63, 3.8) is 0 Å². The van der Waals surface area contributed by atoms with E-state index in [2.05, 4.69) is 5.32 Å². The molecule has 0 saturated heterocycles. The number of carboxylic acid groups (broad SMARTS) is 1. The monoisotopic (exact) mass is 354 g/mol. The van der Waals surface area contributed by atoms with E-state index in [0.717, 1.165) is 35.4 Å². The molecule has 2 amide bonds. The summed E-state index contributed by atoms with van der Waals surface area (Å²) in [5.74, 6) is -2.67. The van der Waals surface area contributed by atoms with Gasteiger partial charge in [0.05, 0.1) is 23.6 Å². The molecule has 1 heterocycles. The largest absolute Gasteiger partial charge is 0.478 e. The number of nitrogens with zero attached hydrogens (tertiary/aromatic N) is 1. The van der Waals surface area contributed by atoms with Crippen molar-refractivity contribution in [2.24, 2.45) is 0 Å². The number of aliphatic hydroxyl groups is 1. The Morgan fingerprint density at radius 2 is 1.92 bits per heavy atom. The summed E-state index contributed by atoms with van der Waals surface area (Å²) in [6.07, 6.45) is 1.91. The van der Waals surface area contributed by atoms with Crippen LogP contribution in [-0.4, -0.2) is 60.7 Å². The molecule has 2 rings (SSSR count). The lowest BCUT2D eigenvalue weighted by atomic mass is 10.2. The minimum atomic E-state index is -3.68. The minimum Gasteiger partial charge on any atom is -0.478 e. The lowest BCUT2D eigenvalue weighted by Crippen LogP contribution is -2.34. The lowest BCUT2D eigenvalue weighted by molar-refractivity contribution is -0.137. The molecule has 0 unspecified atom stereocenters. The minimum absolute atomic E-state index is 0.0357. The average Bonchev–Trinajstić information content (AvgIpc) is 2.74. The molecule has 0 atom stereocenters. The van der Waals surface area contributed by atoms with E-state index in [1.165, 1.54) is 0 Å². The second-order valence-electron chi connectivity index (χ2n) is 5.03. The van der Waals surface area contributed by atoms with Gasteiger partial charge in [-0.2, -0.15) is 0 Å². The van der Waals surface area contributed by atoms with E-state index in [4.69, 9.17) is 10.2 Å². The predicted octanol–water partition coefficient (Wildman–Crippen LogP) is -0.555. The number of carbonyl (C=O) groups is 3. The van der Waals surface area contributed by atoms with E-state index in [9.17, 15) is 22.8 Å². The Hall–Kier alpha value is -2.72. The maximum atomic E-state index is 12.0. The SMILES string of the molecule is CS(=O)(=O)c1cc(NC2=CC(=O)N(CCO)C2=O)cc(C(=O)O)c1. The van der Waals surface area contributed by atoms with E-state index >= 15 is 0 Å². The molecule has 0 bridgehead atoms. The number of benzene rings is 1. The van der Waals surface area contributed by atoms with Crippen molar-refractivity contribution in [3.05, 3.63) is 35.5 Å². The first-order chi connectivity index (χ1) is 11.1. The third-order valence-electron chi connectivity index (χ3n) is 3.19. The Bertz CT molecular complexity index is 858. The molecule has 128 valence electrons. The van der Waals surface area contributed by atoms with E-state index in [1.54, 1.807) is 0 Å². The van der Waals surface area contributed by atoms with E-state index in [0.29, 0.717) is 0 Å². The van der Waals surface area contributed by atoms with Crippen LogP contribution in [0, 0.1) is 0 Å². The summed E-state index contributed by atoms with van der Waals surface area (Å²) in [6.45, 7) is -0.575. The van der Waals surface area contributed by atoms with Crippen LogP contribution in [0.4, 0.5) is 5.69 Å². The molecule has 24 heavy (non-hydrogen) atoms. The number of imide groups is 1. The number of carbonyl (C=O) groups excluding carboxylic acids is 2. The van der Waals surface area contributed by atoms with Crippen LogP contribution < -0.4 is 5.32 Å². The zero-order valence-corrected chi connectivity index (χ0v) is 13.3. The van der Waals surface area contributed by atoms with Gasteiger partial charge in [0.2, 0.25) is 0 Å². The van der Waals surface area contributed by atoms with Crippen LogP contribution >= 0.6 is 0 Å².